The van der Waals surface area contributed by atoms with Crippen LogP contribution in [0.3, 0.4) is 0 Å². The van der Waals surface area contributed by atoms with Gasteiger partial charge in [0.1, 0.15) is 0 Å². The first-order valence-corrected chi connectivity index (χ1v) is 7.55. The van der Waals surface area contributed by atoms with Crippen molar-refractivity contribution in [3.8, 4) is 0 Å². The number of ether oxygens (including phenoxy) is 3. The fraction of sp³-hybridized carbons (Fsp3) is 0.588. The van der Waals surface area contributed by atoms with Crippen LogP contribution >= 0.6 is 0 Å². The standard InChI is InChI=1S/C17H25NO4/c1-20-11-14-6-4-5-13(7-14)8-17(19)18-10-16(22-3)9-15(18)12-21-2/h4-7,15-16H,8-12H2,1-3H3/t15-,16-/m0/s1. The second-order valence-electron chi connectivity index (χ2n) is 5.68. The van der Waals surface area contributed by atoms with E-state index in [-0.39, 0.29) is 18.1 Å². The molecule has 0 radical (unpaired) electrons. The maximum Gasteiger partial charge on any atom is 0.227 e. The predicted octanol–water partition coefficient (Wildman–Crippen LogP) is 1.64. The quantitative estimate of drug-likeness (QED) is 0.768. The SMILES string of the molecule is COCc1cccc(CC(=O)N2C[C@@H](OC)C[C@H]2COC)c1. The van der Waals surface area contributed by atoms with E-state index in [9.17, 15) is 4.79 Å². The van der Waals surface area contributed by atoms with E-state index in [0.717, 1.165) is 17.5 Å². The lowest BCUT2D eigenvalue weighted by Crippen LogP contribution is -2.39. The molecule has 1 fully saturated rings. The summed E-state index contributed by atoms with van der Waals surface area (Å²) in [7, 11) is 5.02. The number of hydrogen-bond acceptors (Lipinski definition) is 4. The molecule has 1 aliphatic rings. The Morgan fingerprint density at radius 1 is 1.23 bits per heavy atom. The summed E-state index contributed by atoms with van der Waals surface area (Å²) in [6, 6.07) is 8.07. The summed E-state index contributed by atoms with van der Waals surface area (Å²) in [6.07, 6.45) is 1.33. The Bertz CT molecular complexity index is 491. The second-order valence-corrected chi connectivity index (χ2v) is 5.68. The molecule has 1 saturated heterocycles. The average molecular weight is 307 g/mol. The molecule has 0 saturated carbocycles. The van der Waals surface area contributed by atoms with Gasteiger partial charge in [-0.1, -0.05) is 24.3 Å². The third kappa shape index (κ3) is 4.29. The Hall–Kier alpha value is -1.43. The summed E-state index contributed by atoms with van der Waals surface area (Å²) in [5.74, 6) is 0.121. The number of nitrogens with zero attached hydrogens (tertiary/aromatic N) is 1. The van der Waals surface area contributed by atoms with Gasteiger partial charge in [0.05, 0.1) is 31.8 Å². The molecule has 0 unspecified atom stereocenters. The number of hydrogen-bond donors (Lipinski definition) is 0. The molecule has 1 aromatic carbocycles. The molecule has 1 aromatic rings. The fourth-order valence-electron chi connectivity index (χ4n) is 2.97. The van der Waals surface area contributed by atoms with Crippen LogP contribution in [0.1, 0.15) is 17.5 Å². The first kappa shape index (κ1) is 16.9. The normalized spacial score (nSPS) is 21.3. The first-order valence-electron chi connectivity index (χ1n) is 7.55. The number of carbonyl (C=O) groups is 1. The zero-order valence-electron chi connectivity index (χ0n) is 13.6. The molecular formula is C17H25NO4. The van der Waals surface area contributed by atoms with Crippen LogP contribution in [0, 0.1) is 0 Å². The molecule has 0 bridgehead atoms. The Morgan fingerprint density at radius 3 is 2.68 bits per heavy atom. The van der Waals surface area contributed by atoms with Gasteiger partial charge >= 0.3 is 0 Å². The Kier molecular flexibility index (Phi) is 6.36. The zero-order chi connectivity index (χ0) is 15.9. The Morgan fingerprint density at radius 2 is 2.00 bits per heavy atom. The van der Waals surface area contributed by atoms with E-state index in [4.69, 9.17) is 14.2 Å². The van der Waals surface area contributed by atoms with Crippen LogP contribution in [-0.4, -0.2) is 57.4 Å². The maximum atomic E-state index is 12.6. The summed E-state index contributed by atoms with van der Waals surface area (Å²) >= 11 is 0. The molecule has 0 N–H and O–H groups in total. The number of amides is 1. The molecule has 2 atom stereocenters. The average Bonchev–Trinajstić information content (AvgIpc) is 2.92. The minimum atomic E-state index is 0.101. The molecule has 2 rings (SSSR count). The highest BCUT2D eigenvalue weighted by atomic mass is 16.5. The van der Waals surface area contributed by atoms with Gasteiger partial charge in [0.25, 0.3) is 0 Å². The van der Waals surface area contributed by atoms with Crippen molar-refractivity contribution in [2.75, 3.05) is 34.5 Å². The summed E-state index contributed by atoms with van der Waals surface area (Å²) in [5, 5.41) is 0. The maximum absolute atomic E-state index is 12.6. The van der Waals surface area contributed by atoms with Crippen LogP contribution in [0.4, 0.5) is 0 Å². The number of methoxy groups -OCH3 is 3. The van der Waals surface area contributed by atoms with E-state index in [1.807, 2.05) is 29.2 Å². The van der Waals surface area contributed by atoms with Crippen LogP contribution in [-0.2, 0) is 32.0 Å². The van der Waals surface area contributed by atoms with Gasteiger partial charge in [-0.05, 0) is 17.5 Å². The van der Waals surface area contributed by atoms with Crippen molar-refractivity contribution >= 4 is 5.91 Å². The van der Waals surface area contributed by atoms with Crippen molar-refractivity contribution in [3.63, 3.8) is 0 Å². The Labute approximate surface area is 132 Å². The predicted molar refractivity (Wildman–Crippen MR) is 83.7 cm³/mol. The monoisotopic (exact) mass is 307 g/mol. The third-order valence-electron chi connectivity index (χ3n) is 4.05. The van der Waals surface area contributed by atoms with E-state index in [1.54, 1.807) is 21.3 Å². The first-order chi connectivity index (χ1) is 10.7. The molecule has 22 heavy (non-hydrogen) atoms. The van der Waals surface area contributed by atoms with Crippen LogP contribution in [0.5, 0.6) is 0 Å². The highest BCUT2D eigenvalue weighted by Gasteiger charge is 2.35. The van der Waals surface area contributed by atoms with E-state index < -0.39 is 0 Å². The minimum Gasteiger partial charge on any atom is -0.383 e. The number of rotatable bonds is 7. The van der Waals surface area contributed by atoms with Gasteiger partial charge in [-0.15, -0.1) is 0 Å². The van der Waals surface area contributed by atoms with Crippen LogP contribution in [0.25, 0.3) is 0 Å². The second kappa shape index (κ2) is 8.27. The van der Waals surface area contributed by atoms with Gasteiger partial charge in [-0.3, -0.25) is 4.79 Å². The summed E-state index contributed by atoms with van der Waals surface area (Å²) in [4.78, 5) is 14.5. The topological polar surface area (TPSA) is 48.0 Å². The lowest BCUT2D eigenvalue weighted by Gasteiger charge is -2.24. The number of likely N-dealkylation sites (tertiary alicyclic amines) is 1. The molecule has 0 spiro atoms. The summed E-state index contributed by atoms with van der Waals surface area (Å²) < 4.78 is 15.8. The molecule has 1 heterocycles. The van der Waals surface area contributed by atoms with E-state index in [0.29, 0.717) is 26.2 Å². The van der Waals surface area contributed by atoms with Gasteiger partial charge < -0.3 is 19.1 Å². The third-order valence-corrected chi connectivity index (χ3v) is 4.05. The van der Waals surface area contributed by atoms with Crippen molar-refractivity contribution in [1.29, 1.82) is 0 Å². The summed E-state index contributed by atoms with van der Waals surface area (Å²) in [6.45, 7) is 1.75. The van der Waals surface area contributed by atoms with Crippen LogP contribution in [0.15, 0.2) is 24.3 Å². The molecule has 122 valence electrons. The molecule has 1 amide bonds. The van der Waals surface area contributed by atoms with Crippen LogP contribution in [0.2, 0.25) is 0 Å². The smallest absolute Gasteiger partial charge is 0.227 e. The van der Waals surface area contributed by atoms with Crippen molar-refractivity contribution in [2.45, 2.75) is 31.6 Å². The zero-order valence-corrected chi connectivity index (χ0v) is 13.6. The summed E-state index contributed by atoms with van der Waals surface area (Å²) in [5.41, 5.74) is 2.09. The molecule has 0 aliphatic carbocycles. The number of carbonyl (C=O) groups excluding carboxylic acids is 1. The van der Waals surface area contributed by atoms with E-state index >= 15 is 0 Å². The van der Waals surface area contributed by atoms with Crippen molar-refractivity contribution in [3.05, 3.63) is 35.4 Å². The highest BCUT2D eigenvalue weighted by molar-refractivity contribution is 5.79. The Balaban J connectivity index is 2.02. The lowest BCUT2D eigenvalue weighted by molar-refractivity contribution is -0.132. The highest BCUT2D eigenvalue weighted by Crippen LogP contribution is 2.21. The largest absolute Gasteiger partial charge is 0.383 e. The van der Waals surface area contributed by atoms with Gasteiger partial charge in [-0.2, -0.15) is 0 Å². The molecule has 5 nitrogen and oxygen atoms in total. The lowest BCUT2D eigenvalue weighted by atomic mass is 10.1. The van der Waals surface area contributed by atoms with Crippen LogP contribution < -0.4 is 0 Å². The van der Waals surface area contributed by atoms with Crippen molar-refractivity contribution < 1.29 is 19.0 Å². The van der Waals surface area contributed by atoms with E-state index in [1.165, 1.54) is 0 Å². The van der Waals surface area contributed by atoms with Crippen molar-refractivity contribution in [2.24, 2.45) is 0 Å². The minimum absolute atomic E-state index is 0.101. The molecule has 0 aromatic heterocycles. The fourth-order valence-corrected chi connectivity index (χ4v) is 2.97. The van der Waals surface area contributed by atoms with Gasteiger partial charge in [0, 0.05) is 27.9 Å². The molecular weight excluding hydrogens is 282 g/mol. The number of benzene rings is 1. The van der Waals surface area contributed by atoms with E-state index in [2.05, 4.69) is 0 Å². The van der Waals surface area contributed by atoms with Gasteiger partial charge in [0.2, 0.25) is 5.91 Å². The molecule has 1 aliphatic heterocycles. The van der Waals surface area contributed by atoms with Gasteiger partial charge in [-0.25, -0.2) is 0 Å². The molecule has 5 heteroatoms. The van der Waals surface area contributed by atoms with Gasteiger partial charge in [0.15, 0.2) is 0 Å². The van der Waals surface area contributed by atoms with Crippen molar-refractivity contribution in [1.82, 2.24) is 4.90 Å².